The molecule has 308 valence electrons. The van der Waals surface area contributed by atoms with Crippen LogP contribution in [0.1, 0.15) is 247 Å². The molecule has 0 amide bonds. The first-order chi connectivity index (χ1) is 25.3. The van der Waals surface area contributed by atoms with Crippen LogP contribution in [0.5, 0.6) is 0 Å². The molecule has 1 unspecified atom stereocenters. The number of carbonyl (C=O) groups is 3. The largest absolute Gasteiger partial charge is 0.462 e. The molecule has 0 N–H and O–H groups in total. The highest BCUT2D eigenvalue weighted by Crippen LogP contribution is 2.17. The molecule has 0 bridgehead atoms. The van der Waals surface area contributed by atoms with E-state index in [1.807, 2.05) is 0 Å². The van der Waals surface area contributed by atoms with Crippen LogP contribution in [0.15, 0.2) is 0 Å². The lowest BCUT2D eigenvalue weighted by Gasteiger charge is -2.18. The highest BCUT2D eigenvalue weighted by atomic mass is 16.6. The van der Waals surface area contributed by atoms with Gasteiger partial charge in [0.1, 0.15) is 13.2 Å². The number of unbranched alkanes of at least 4 members (excludes halogenated alkanes) is 24. The van der Waals surface area contributed by atoms with Gasteiger partial charge in [-0.15, -0.1) is 0 Å². The van der Waals surface area contributed by atoms with E-state index in [1.165, 1.54) is 135 Å². The molecule has 6 heteroatoms. The van der Waals surface area contributed by atoms with Crippen molar-refractivity contribution in [1.82, 2.24) is 0 Å². The van der Waals surface area contributed by atoms with E-state index in [2.05, 4.69) is 34.6 Å². The topological polar surface area (TPSA) is 78.9 Å². The number of hydrogen-bond acceptors (Lipinski definition) is 6. The molecule has 0 heterocycles. The van der Waals surface area contributed by atoms with Gasteiger partial charge in [0.25, 0.3) is 0 Å². The summed E-state index contributed by atoms with van der Waals surface area (Å²) in [5.41, 5.74) is 0. The Morgan fingerprint density at radius 3 is 1.10 bits per heavy atom. The Labute approximate surface area is 323 Å². The maximum Gasteiger partial charge on any atom is 0.306 e. The maximum atomic E-state index is 12.7. The molecule has 0 rings (SSSR count). The zero-order chi connectivity index (χ0) is 38.3. The first-order valence-electron chi connectivity index (χ1n) is 22.8. The fourth-order valence-electron chi connectivity index (χ4n) is 6.72. The van der Waals surface area contributed by atoms with Crippen LogP contribution >= 0.6 is 0 Å². The Morgan fingerprint density at radius 1 is 0.404 bits per heavy atom. The molecular formula is C46H88O6. The van der Waals surface area contributed by atoms with Gasteiger partial charge in [-0.05, 0) is 31.1 Å². The van der Waals surface area contributed by atoms with Crippen LogP contribution in [0, 0.1) is 11.8 Å². The van der Waals surface area contributed by atoms with E-state index in [4.69, 9.17) is 14.2 Å². The van der Waals surface area contributed by atoms with Crippen LogP contribution in [0.4, 0.5) is 0 Å². The number of esters is 3. The van der Waals surface area contributed by atoms with E-state index in [1.54, 1.807) is 0 Å². The van der Waals surface area contributed by atoms with Crippen molar-refractivity contribution in [2.75, 3.05) is 13.2 Å². The van der Waals surface area contributed by atoms with E-state index in [-0.39, 0.29) is 31.1 Å². The second-order valence-electron chi connectivity index (χ2n) is 16.4. The molecule has 0 aliphatic carbocycles. The molecule has 0 spiro atoms. The van der Waals surface area contributed by atoms with Gasteiger partial charge in [0.2, 0.25) is 0 Å². The van der Waals surface area contributed by atoms with Crippen LogP contribution in [-0.4, -0.2) is 37.2 Å². The molecule has 0 aliphatic rings. The molecule has 0 fully saturated rings. The molecular weight excluding hydrogens is 649 g/mol. The summed E-state index contributed by atoms with van der Waals surface area (Å²) in [4.78, 5) is 37.5. The monoisotopic (exact) mass is 737 g/mol. The molecule has 6 nitrogen and oxygen atoms in total. The summed E-state index contributed by atoms with van der Waals surface area (Å²) < 4.78 is 16.6. The van der Waals surface area contributed by atoms with Gasteiger partial charge in [-0.1, -0.05) is 208 Å². The van der Waals surface area contributed by atoms with E-state index in [0.29, 0.717) is 19.3 Å². The number of ether oxygens (including phenoxy) is 3. The van der Waals surface area contributed by atoms with Gasteiger partial charge in [0.05, 0.1) is 0 Å². The lowest BCUT2D eigenvalue weighted by atomic mass is 9.99. The highest BCUT2D eigenvalue weighted by molar-refractivity contribution is 5.71. The standard InChI is InChI=1S/C46H88O6/c1-6-8-9-10-19-26-31-36-44(47)50-39-43(40-51-45(48)37-32-27-23-22-24-29-34-41(3)4)52-46(49)38-33-28-21-18-16-14-12-11-13-15-17-20-25-30-35-42(5)7-2/h41-43H,6-40H2,1-5H3/t42?,43-/m1/s1. The third kappa shape index (κ3) is 38.1. The first-order valence-corrected chi connectivity index (χ1v) is 22.8. The second kappa shape index (κ2) is 39.1. The third-order valence-corrected chi connectivity index (χ3v) is 10.6. The van der Waals surface area contributed by atoms with E-state index >= 15 is 0 Å². The summed E-state index contributed by atoms with van der Waals surface area (Å²) in [6.45, 7) is 11.3. The Hall–Kier alpha value is -1.59. The van der Waals surface area contributed by atoms with E-state index in [9.17, 15) is 14.4 Å². The molecule has 0 aromatic heterocycles. The third-order valence-electron chi connectivity index (χ3n) is 10.6. The SMILES string of the molecule is CCCCCCCCCC(=O)OC[C@H](COC(=O)CCCCCCCCC(C)C)OC(=O)CCCCCCCCCCCCCCCCC(C)CC. The minimum atomic E-state index is -0.759. The van der Waals surface area contributed by atoms with Crippen LogP contribution in [0.25, 0.3) is 0 Å². The minimum Gasteiger partial charge on any atom is -0.462 e. The molecule has 0 aromatic carbocycles. The van der Waals surface area contributed by atoms with E-state index in [0.717, 1.165) is 69.6 Å². The highest BCUT2D eigenvalue weighted by Gasteiger charge is 2.19. The quantitative estimate of drug-likeness (QED) is 0.0354. The second-order valence-corrected chi connectivity index (χ2v) is 16.4. The van der Waals surface area contributed by atoms with Gasteiger partial charge < -0.3 is 14.2 Å². The fraction of sp³-hybridized carbons (Fsp3) is 0.935. The Morgan fingerprint density at radius 2 is 0.731 bits per heavy atom. The average Bonchev–Trinajstić information content (AvgIpc) is 3.12. The molecule has 52 heavy (non-hydrogen) atoms. The summed E-state index contributed by atoms with van der Waals surface area (Å²) >= 11 is 0. The van der Waals surface area contributed by atoms with Gasteiger partial charge in [-0.25, -0.2) is 0 Å². The average molecular weight is 737 g/mol. The van der Waals surface area contributed by atoms with Crippen molar-refractivity contribution in [3.8, 4) is 0 Å². The maximum absolute atomic E-state index is 12.7. The van der Waals surface area contributed by atoms with Crippen molar-refractivity contribution in [3.63, 3.8) is 0 Å². The van der Waals surface area contributed by atoms with Gasteiger partial charge in [-0.2, -0.15) is 0 Å². The molecule has 0 radical (unpaired) electrons. The van der Waals surface area contributed by atoms with Crippen molar-refractivity contribution >= 4 is 17.9 Å². The van der Waals surface area contributed by atoms with Gasteiger partial charge in [0.15, 0.2) is 6.10 Å². The van der Waals surface area contributed by atoms with Crippen molar-refractivity contribution in [2.45, 2.75) is 253 Å². The van der Waals surface area contributed by atoms with E-state index < -0.39 is 6.10 Å². The predicted molar refractivity (Wildman–Crippen MR) is 220 cm³/mol. The smallest absolute Gasteiger partial charge is 0.306 e. The van der Waals surface area contributed by atoms with Gasteiger partial charge >= 0.3 is 17.9 Å². The summed E-state index contributed by atoms with van der Waals surface area (Å²) in [7, 11) is 0. The fourth-order valence-corrected chi connectivity index (χ4v) is 6.72. The van der Waals surface area contributed by atoms with Crippen molar-refractivity contribution in [2.24, 2.45) is 11.8 Å². The summed E-state index contributed by atoms with van der Waals surface area (Å²) in [5.74, 6) is 0.790. The minimum absolute atomic E-state index is 0.0664. The molecule has 0 aliphatic heterocycles. The lowest BCUT2D eigenvalue weighted by molar-refractivity contribution is -0.167. The molecule has 2 atom stereocenters. The van der Waals surface area contributed by atoms with Crippen molar-refractivity contribution in [3.05, 3.63) is 0 Å². The number of carbonyl (C=O) groups excluding carboxylic acids is 3. The van der Waals surface area contributed by atoms with Crippen LogP contribution < -0.4 is 0 Å². The normalized spacial score (nSPS) is 12.6. The van der Waals surface area contributed by atoms with Crippen LogP contribution in [0.3, 0.4) is 0 Å². The number of hydrogen-bond donors (Lipinski definition) is 0. The molecule has 0 saturated carbocycles. The van der Waals surface area contributed by atoms with Gasteiger partial charge in [-0.3, -0.25) is 14.4 Å². The number of rotatable bonds is 40. The summed E-state index contributed by atoms with van der Waals surface area (Å²) in [6.07, 6.45) is 36.8. The Balaban J connectivity index is 4.21. The Bertz CT molecular complexity index is 796. The summed E-state index contributed by atoms with van der Waals surface area (Å²) in [6, 6.07) is 0. The van der Waals surface area contributed by atoms with Crippen molar-refractivity contribution in [1.29, 1.82) is 0 Å². The Kier molecular flexibility index (Phi) is 37.9. The van der Waals surface area contributed by atoms with Crippen LogP contribution in [0.2, 0.25) is 0 Å². The lowest BCUT2D eigenvalue weighted by Crippen LogP contribution is -2.30. The zero-order valence-corrected chi connectivity index (χ0v) is 35.4. The first kappa shape index (κ1) is 50.4. The van der Waals surface area contributed by atoms with Crippen LogP contribution in [-0.2, 0) is 28.6 Å². The zero-order valence-electron chi connectivity index (χ0n) is 35.4. The molecule has 0 saturated heterocycles. The predicted octanol–water partition coefficient (Wildman–Crippen LogP) is 14.2. The molecule has 0 aromatic rings. The summed E-state index contributed by atoms with van der Waals surface area (Å²) in [5, 5.41) is 0. The van der Waals surface area contributed by atoms with Gasteiger partial charge in [0, 0.05) is 19.3 Å². The van der Waals surface area contributed by atoms with Crippen molar-refractivity contribution < 1.29 is 28.6 Å².